The van der Waals surface area contributed by atoms with Crippen molar-refractivity contribution in [3.8, 4) is 0 Å². The summed E-state index contributed by atoms with van der Waals surface area (Å²) in [7, 11) is 1.58. The second-order valence-corrected chi connectivity index (χ2v) is 1.84. The average Bonchev–Trinajstić information content (AvgIpc) is 2.20. The Hall–Kier alpha value is -1.52. The minimum Gasteiger partial charge on any atom is -0.411 e. The van der Waals surface area contributed by atoms with Gasteiger partial charge in [0.15, 0.2) is 0 Å². The molecule has 0 saturated heterocycles. The summed E-state index contributed by atoms with van der Waals surface area (Å²) >= 11 is 0. The van der Waals surface area contributed by atoms with Crippen LogP contribution in [-0.2, 0) is 7.05 Å². The fraction of sp³-hybridized carbons (Fsp3) is 0.200. The lowest BCUT2D eigenvalue weighted by Gasteiger charge is -1.81. The van der Waals surface area contributed by atoms with Crippen molar-refractivity contribution in [2.24, 2.45) is 12.2 Å². The summed E-state index contributed by atoms with van der Waals surface area (Å²) in [4.78, 5) is 10.9. The number of aromatic nitrogens is 2. The van der Waals surface area contributed by atoms with Crippen LogP contribution in [0.4, 0.5) is 0 Å². The number of nitrogens with zero attached hydrogens (tertiary/aromatic N) is 2. The summed E-state index contributed by atoms with van der Waals surface area (Å²) in [5.41, 5.74) is 0.128. The maximum absolute atomic E-state index is 10.9. The Morgan fingerprint density at radius 3 is 3.00 bits per heavy atom. The molecule has 0 unspecified atom stereocenters. The van der Waals surface area contributed by atoms with Crippen molar-refractivity contribution in [2.45, 2.75) is 0 Å². The lowest BCUT2D eigenvalue weighted by Crippen LogP contribution is -2.14. The Labute approximate surface area is 56.6 Å². The summed E-state index contributed by atoms with van der Waals surface area (Å²) in [5, 5.41) is 13.4. The zero-order valence-electron chi connectivity index (χ0n) is 5.40. The van der Waals surface area contributed by atoms with Crippen LogP contribution < -0.4 is 5.56 Å². The molecule has 0 aliphatic rings. The van der Waals surface area contributed by atoms with Crippen LogP contribution in [0.25, 0.3) is 0 Å². The standard InChI is InChI=1S/C5H7N3O2/c1-8-5(9)4(2-6-8)3-7-10/h2-3,6,10H,1H3. The number of aromatic amines is 1. The molecule has 1 rings (SSSR count). The second kappa shape index (κ2) is 2.38. The Balaban J connectivity index is 3.18. The van der Waals surface area contributed by atoms with Crippen molar-refractivity contribution in [2.75, 3.05) is 0 Å². The Morgan fingerprint density at radius 1 is 1.90 bits per heavy atom. The largest absolute Gasteiger partial charge is 0.411 e. The van der Waals surface area contributed by atoms with E-state index in [4.69, 9.17) is 5.21 Å². The van der Waals surface area contributed by atoms with E-state index in [2.05, 4.69) is 10.3 Å². The van der Waals surface area contributed by atoms with E-state index in [1.165, 1.54) is 10.9 Å². The van der Waals surface area contributed by atoms with Crippen molar-refractivity contribution >= 4 is 6.21 Å². The van der Waals surface area contributed by atoms with E-state index in [0.29, 0.717) is 5.56 Å². The molecule has 1 heterocycles. The van der Waals surface area contributed by atoms with Crippen LogP contribution >= 0.6 is 0 Å². The van der Waals surface area contributed by atoms with Gasteiger partial charge in [-0.2, -0.15) is 0 Å². The van der Waals surface area contributed by atoms with Gasteiger partial charge in [0, 0.05) is 13.2 Å². The molecule has 0 fully saturated rings. The van der Waals surface area contributed by atoms with E-state index in [9.17, 15) is 4.79 Å². The molecular weight excluding hydrogens is 134 g/mol. The molecule has 0 radical (unpaired) electrons. The summed E-state index contributed by atoms with van der Waals surface area (Å²) in [6.07, 6.45) is 2.54. The van der Waals surface area contributed by atoms with E-state index in [1.807, 2.05) is 0 Å². The third-order valence-corrected chi connectivity index (χ3v) is 1.16. The van der Waals surface area contributed by atoms with E-state index in [0.717, 1.165) is 6.21 Å². The first-order valence-electron chi connectivity index (χ1n) is 2.67. The molecule has 0 aliphatic carbocycles. The van der Waals surface area contributed by atoms with Crippen LogP contribution in [0.3, 0.4) is 0 Å². The molecule has 5 nitrogen and oxygen atoms in total. The third kappa shape index (κ3) is 0.928. The molecule has 0 aliphatic heterocycles. The molecule has 0 aromatic carbocycles. The van der Waals surface area contributed by atoms with Crippen molar-refractivity contribution in [3.63, 3.8) is 0 Å². The molecule has 5 heteroatoms. The van der Waals surface area contributed by atoms with Crippen LogP contribution in [0.2, 0.25) is 0 Å². The summed E-state index contributed by atoms with van der Waals surface area (Å²) in [5.74, 6) is 0. The molecule has 0 bridgehead atoms. The lowest BCUT2D eigenvalue weighted by atomic mass is 10.4. The average molecular weight is 141 g/mol. The number of rotatable bonds is 1. The van der Waals surface area contributed by atoms with Gasteiger partial charge in [0.1, 0.15) is 0 Å². The maximum Gasteiger partial charge on any atom is 0.275 e. The van der Waals surface area contributed by atoms with E-state index >= 15 is 0 Å². The third-order valence-electron chi connectivity index (χ3n) is 1.16. The fourth-order valence-corrected chi connectivity index (χ4v) is 0.635. The zero-order valence-corrected chi connectivity index (χ0v) is 5.40. The smallest absolute Gasteiger partial charge is 0.275 e. The van der Waals surface area contributed by atoms with Crippen molar-refractivity contribution in [1.29, 1.82) is 0 Å². The van der Waals surface area contributed by atoms with Crippen molar-refractivity contribution in [1.82, 2.24) is 9.78 Å². The quantitative estimate of drug-likeness (QED) is 0.315. The first-order chi connectivity index (χ1) is 4.75. The first kappa shape index (κ1) is 6.60. The molecular formula is C5H7N3O2. The highest BCUT2D eigenvalue weighted by Crippen LogP contribution is 1.80. The molecule has 1 aromatic rings. The maximum atomic E-state index is 10.9. The minimum absolute atomic E-state index is 0.210. The predicted molar refractivity (Wildman–Crippen MR) is 35.4 cm³/mol. The molecule has 54 valence electrons. The molecule has 0 amide bonds. The van der Waals surface area contributed by atoms with Gasteiger partial charge in [0.05, 0.1) is 11.8 Å². The minimum atomic E-state index is -0.210. The van der Waals surface area contributed by atoms with E-state index in [1.54, 1.807) is 7.05 Å². The van der Waals surface area contributed by atoms with Gasteiger partial charge in [-0.05, 0) is 0 Å². The predicted octanol–water partition coefficient (Wildman–Crippen LogP) is -0.478. The van der Waals surface area contributed by atoms with Gasteiger partial charge >= 0.3 is 0 Å². The summed E-state index contributed by atoms with van der Waals surface area (Å²) in [6, 6.07) is 0. The van der Waals surface area contributed by atoms with Gasteiger partial charge in [0.2, 0.25) is 0 Å². The van der Waals surface area contributed by atoms with Crippen molar-refractivity contribution in [3.05, 3.63) is 22.1 Å². The fourth-order valence-electron chi connectivity index (χ4n) is 0.635. The highest BCUT2D eigenvalue weighted by Gasteiger charge is 1.97. The number of oxime groups is 1. The molecule has 10 heavy (non-hydrogen) atoms. The van der Waals surface area contributed by atoms with Crippen LogP contribution in [-0.4, -0.2) is 21.2 Å². The summed E-state index contributed by atoms with van der Waals surface area (Å²) < 4.78 is 1.29. The first-order valence-corrected chi connectivity index (χ1v) is 2.67. The van der Waals surface area contributed by atoms with Crippen molar-refractivity contribution < 1.29 is 5.21 Å². The molecule has 0 atom stereocenters. The van der Waals surface area contributed by atoms with Crippen LogP contribution in [0, 0.1) is 0 Å². The number of hydrogen-bond donors (Lipinski definition) is 2. The van der Waals surface area contributed by atoms with E-state index in [-0.39, 0.29) is 5.56 Å². The van der Waals surface area contributed by atoms with Gasteiger partial charge in [0.25, 0.3) is 5.56 Å². The SMILES string of the molecule is Cn1[nH]cc(C=NO)c1=O. The number of nitrogens with one attached hydrogen (secondary N) is 1. The zero-order chi connectivity index (χ0) is 7.56. The lowest BCUT2D eigenvalue weighted by molar-refractivity contribution is 0.322. The van der Waals surface area contributed by atoms with Gasteiger partial charge in [-0.25, -0.2) is 0 Å². The van der Waals surface area contributed by atoms with Gasteiger partial charge < -0.3 is 10.3 Å². The Kier molecular flexibility index (Phi) is 1.57. The van der Waals surface area contributed by atoms with Crippen LogP contribution in [0.15, 0.2) is 16.1 Å². The highest BCUT2D eigenvalue weighted by molar-refractivity contribution is 5.77. The van der Waals surface area contributed by atoms with Crippen LogP contribution in [0.1, 0.15) is 5.56 Å². The molecule has 2 N–H and O–H groups in total. The number of hydrogen-bond acceptors (Lipinski definition) is 3. The van der Waals surface area contributed by atoms with Gasteiger partial charge in [-0.3, -0.25) is 9.48 Å². The molecule has 0 saturated carbocycles. The topological polar surface area (TPSA) is 70.4 Å². The monoisotopic (exact) mass is 141 g/mol. The van der Waals surface area contributed by atoms with Gasteiger partial charge in [-0.15, -0.1) is 0 Å². The number of H-pyrrole nitrogens is 1. The highest BCUT2D eigenvalue weighted by atomic mass is 16.4. The molecule has 1 aromatic heterocycles. The Morgan fingerprint density at radius 2 is 2.60 bits per heavy atom. The van der Waals surface area contributed by atoms with Crippen LogP contribution in [0.5, 0.6) is 0 Å². The van der Waals surface area contributed by atoms with Gasteiger partial charge in [-0.1, -0.05) is 5.16 Å². The number of aryl methyl sites for hydroxylation is 1. The van der Waals surface area contributed by atoms with E-state index < -0.39 is 0 Å². The Bertz CT molecular complexity index is 296. The second-order valence-electron chi connectivity index (χ2n) is 1.84. The molecule has 0 spiro atoms. The normalized spacial score (nSPS) is 10.9. The summed E-state index contributed by atoms with van der Waals surface area (Å²) in [6.45, 7) is 0.